The van der Waals surface area contributed by atoms with E-state index in [1.54, 1.807) is 39.8 Å². The van der Waals surface area contributed by atoms with Gasteiger partial charge in [-0.3, -0.25) is 0 Å². The van der Waals surface area contributed by atoms with Crippen LogP contribution in [-0.4, -0.2) is 99.6 Å². The normalized spacial score (nSPS) is 41.4. The molecular formula is C26H52O10. The number of aliphatic hydroxyl groups excluding tert-OH is 6. The Bertz CT molecular complexity index is 660. The zero-order chi connectivity index (χ0) is 26.9. The van der Waals surface area contributed by atoms with E-state index >= 15 is 0 Å². The van der Waals surface area contributed by atoms with E-state index in [0.717, 1.165) is 0 Å². The Morgan fingerprint density at radius 3 is 1.11 bits per heavy atom. The minimum atomic E-state index is -1.23. The lowest BCUT2D eigenvalue weighted by Gasteiger charge is -2.52. The molecule has 2 rings (SSSR count). The molecule has 0 aromatic carbocycles. The molecule has 12 N–H and O–H groups in total. The van der Waals surface area contributed by atoms with Gasteiger partial charge in [-0.25, -0.2) is 0 Å². The zero-order valence-corrected chi connectivity index (χ0v) is 22.9. The third-order valence-corrected chi connectivity index (χ3v) is 8.07. The molecule has 0 heterocycles. The van der Waals surface area contributed by atoms with Crippen LogP contribution in [0.25, 0.3) is 0 Å². The van der Waals surface area contributed by atoms with Crippen LogP contribution in [0.2, 0.25) is 0 Å². The molecule has 0 amide bonds. The SMILES string of the molecule is C[C@H](O)/C=C/[C@@]1(O)[C@H](C)[C@H](O)[C@@H](O)CC1(C)C.C[C@H](O)/C=C/[C@@]1(O)[C@H](C)[C@H](O)[C@@H](O)CC1(C)C.O.O. The highest BCUT2D eigenvalue weighted by atomic mass is 16.3. The topological polar surface area (TPSA) is 225 Å². The third-order valence-electron chi connectivity index (χ3n) is 8.07. The van der Waals surface area contributed by atoms with E-state index in [0.29, 0.717) is 12.8 Å². The maximum absolute atomic E-state index is 10.7. The molecule has 36 heavy (non-hydrogen) atoms. The van der Waals surface area contributed by atoms with Crippen molar-refractivity contribution in [3.63, 3.8) is 0 Å². The van der Waals surface area contributed by atoms with E-state index < -0.39 is 70.5 Å². The van der Waals surface area contributed by atoms with Crippen LogP contribution in [0, 0.1) is 22.7 Å². The van der Waals surface area contributed by atoms with Gasteiger partial charge < -0.3 is 51.8 Å². The van der Waals surface area contributed by atoms with Crippen LogP contribution in [-0.2, 0) is 0 Å². The first kappa shape index (κ1) is 37.2. The Balaban J connectivity index is 0. The van der Waals surface area contributed by atoms with Crippen molar-refractivity contribution in [1.82, 2.24) is 0 Å². The van der Waals surface area contributed by atoms with E-state index in [2.05, 4.69) is 0 Å². The van der Waals surface area contributed by atoms with Gasteiger partial charge in [-0.1, -0.05) is 65.8 Å². The van der Waals surface area contributed by atoms with E-state index in [9.17, 15) is 40.9 Å². The molecule has 0 aliphatic heterocycles. The molecule has 0 unspecified atom stereocenters. The smallest absolute Gasteiger partial charge is 0.0931 e. The molecule has 216 valence electrons. The van der Waals surface area contributed by atoms with E-state index in [1.165, 1.54) is 12.2 Å². The van der Waals surface area contributed by atoms with Gasteiger partial charge in [-0.2, -0.15) is 0 Å². The summed E-state index contributed by atoms with van der Waals surface area (Å²) in [5.74, 6) is -0.979. The van der Waals surface area contributed by atoms with Crippen LogP contribution in [0.5, 0.6) is 0 Å². The number of rotatable bonds is 4. The Kier molecular flexibility index (Phi) is 13.7. The average Bonchev–Trinajstić information content (AvgIpc) is 2.71. The molecule has 10 heteroatoms. The van der Waals surface area contributed by atoms with Crippen LogP contribution < -0.4 is 0 Å². The Morgan fingerprint density at radius 1 is 0.639 bits per heavy atom. The number of hydrogen-bond acceptors (Lipinski definition) is 8. The molecule has 2 fully saturated rings. The zero-order valence-electron chi connectivity index (χ0n) is 22.9. The quantitative estimate of drug-likeness (QED) is 0.217. The first-order chi connectivity index (χ1) is 15.2. The van der Waals surface area contributed by atoms with Crippen molar-refractivity contribution >= 4 is 0 Å². The summed E-state index contributed by atoms with van der Waals surface area (Å²) in [5.41, 5.74) is -3.59. The molecule has 10 nitrogen and oxygen atoms in total. The van der Waals surface area contributed by atoms with Crippen molar-refractivity contribution < 1.29 is 51.8 Å². The van der Waals surface area contributed by atoms with E-state index in [1.807, 2.05) is 27.7 Å². The van der Waals surface area contributed by atoms with Crippen molar-refractivity contribution in [1.29, 1.82) is 0 Å². The highest BCUT2D eigenvalue weighted by Crippen LogP contribution is 2.49. The van der Waals surface area contributed by atoms with Crippen LogP contribution in [0.4, 0.5) is 0 Å². The van der Waals surface area contributed by atoms with Gasteiger partial charge in [0.15, 0.2) is 0 Å². The standard InChI is InChI=1S/2C13H24O4.2H2O/c2*1-8(14)5-6-13(17)9(2)11(16)10(15)7-12(13,3)4;;/h2*5-6,8-11,14-17H,7H2,1-4H3;2*1H2/b2*6-5+;;/t2*8-,9+,10-,11-,13+;;/m00../s1. The maximum Gasteiger partial charge on any atom is 0.0931 e. The second-order valence-electron chi connectivity index (χ2n) is 11.7. The lowest BCUT2D eigenvalue weighted by atomic mass is 9.58. The molecule has 2 aliphatic carbocycles. The highest BCUT2D eigenvalue weighted by molar-refractivity contribution is 5.18. The molecule has 10 atom stereocenters. The van der Waals surface area contributed by atoms with Crippen LogP contribution in [0.3, 0.4) is 0 Å². The largest absolute Gasteiger partial charge is 0.412 e. The summed E-state index contributed by atoms with van der Waals surface area (Å²) in [6.07, 6.45) is 1.94. The van der Waals surface area contributed by atoms with Gasteiger partial charge in [0.25, 0.3) is 0 Å². The molecule has 0 aromatic rings. The van der Waals surface area contributed by atoms with E-state index in [4.69, 9.17) is 0 Å². The van der Waals surface area contributed by atoms with Gasteiger partial charge >= 0.3 is 0 Å². The number of hydrogen-bond donors (Lipinski definition) is 8. The maximum atomic E-state index is 10.7. The Labute approximate surface area is 215 Å². The summed E-state index contributed by atoms with van der Waals surface area (Å²) in [6, 6.07) is 0. The van der Waals surface area contributed by atoms with E-state index in [-0.39, 0.29) is 11.0 Å². The first-order valence-electron chi connectivity index (χ1n) is 12.2. The van der Waals surface area contributed by atoms with Crippen LogP contribution in [0.15, 0.2) is 24.3 Å². The van der Waals surface area contributed by atoms with Gasteiger partial charge in [0, 0.05) is 22.7 Å². The molecule has 0 radical (unpaired) electrons. The second kappa shape index (κ2) is 13.2. The molecule has 2 saturated carbocycles. The highest BCUT2D eigenvalue weighted by Gasteiger charge is 2.55. The summed E-state index contributed by atoms with van der Waals surface area (Å²) in [6.45, 7) is 14.0. The molecule has 0 spiro atoms. The predicted molar refractivity (Wildman–Crippen MR) is 138 cm³/mol. The molecule has 0 bridgehead atoms. The van der Waals surface area contributed by atoms with Gasteiger partial charge in [-0.05, 0) is 26.7 Å². The van der Waals surface area contributed by atoms with Crippen molar-refractivity contribution in [2.75, 3.05) is 0 Å². The van der Waals surface area contributed by atoms with Crippen molar-refractivity contribution in [3.8, 4) is 0 Å². The molecule has 2 aliphatic rings. The summed E-state index contributed by atoms with van der Waals surface area (Å²) in [7, 11) is 0. The fourth-order valence-electron chi connectivity index (χ4n) is 5.36. The fourth-order valence-corrected chi connectivity index (χ4v) is 5.36. The lowest BCUT2D eigenvalue weighted by molar-refractivity contribution is -0.182. The molecule has 0 saturated heterocycles. The number of aliphatic hydroxyl groups is 8. The van der Waals surface area contributed by atoms with Crippen molar-refractivity contribution in [3.05, 3.63) is 24.3 Å². The molecular weight excluding hydrogens is 472 g/mol. The Morgan fingerprint density at radius 2 is 0.889 bits per heavy atom. The predicted octanol–water partition coefficient (Wildman–Crippen LogP) is -0.765. The lowest BCUT2D eigenvalue weighted by Crippen LogP contribution is -2.60. The molecule has 0 aromatic heterocycles. The van der Waals surface area contributed by atoms with Crippen LogP contribution in [0.1, 0.15) is 68.2 Å². The van der Waals surface area contributed by atoms with Crippen molar-refractivity contribution in [2.24, 2.45) is 22.7 Å². The fraction of sp³-hybridized carbons (Fsp3) is 0.846. The second-order valence-corrected chi connectivity index (χ2v) is 11.7. The van der Waals surface area contributed by atoms with Gasteiger partial charge in [-0.15, -0.1) is 0 Å². The van der Waals surface area contributed by atoms with Gasteiger partial charge in [0.2, 0.25) is 0 Å². The van der Waals surface area contributed by atoms with Gasteiger partial charge in [0.1, 0.15) is 0 Å². The summed E-state index contributed by atoms with van der Waals surface area (Å²) < 4.78 is 0. The van der Waals surface area contributed by atoms with Crippen molar-refractivity contribution in [2.45, 2.75) is 116 Å². The minimum absolute atomic E-state index is 0. The average molecular weight is 525 g/mol. The summed E-state index contributed by atoms with van der Waals surface area (Å²) in [4.78, 5) is 0. The summed E-state index contributed by atoms with van der Waals surface area (Å²) in [5, 5.41) is 79.3. The van der Waals surface area contributed by atoms with Crippen LogP contribution >= 0.6 is 0 Å². The monoisotopic (exact) mass is 524 g/mol. The Hall–Kier alpha value is -0.920. The first-order valence-corrected chi connectivity index (χ1v) is 12.2. The third kappa shape index (κ3) is 7.57. The minimum Gasteiger partial charge on any atom is -0.412 e. The summed E-state index contributed by atoms with van der Waals surface area (Å²) >= 11 is 0. The van der Waals surface area contributed by atoms with Gasteiger partial charge in [0.05, 0.1) is 47.8 Å².